The Morgan fingerprint density at radius 3 is 2.76 bits per heavy atom. The molecule has 0 N–H and O–H groups in total. The molecule has 2 saturated heterocycles. The van der Waals surface area contributed by atoms with Crippen LogP contribution in [0, 0.1) is 0 Å². The SMILES string of the molecule is CC[C@@H]1CSC2=N[C@H](c3ccccn3)[C@@H](c3ccc(N4CCCC4)cc3OC)N21. The molecule has 152 valence electrons. The van der Waals surface area contributed by atoms with Crippen LogP contribution in [-0.4, -0.2) is 47.0 Å². The topological polar surface area (TPSA) is 41.0 Å². The van der Waals surface area contributed by atoms with Crippen molar-refractivity contribution in [3.63, 3.8) is 0 Å². The first kappa shape index (κ1) is 18.8. The number of anilines is 1. The van der Waals surface area contributed by atoms with Crippen LogP contribution in [0.2, 0.25) is 0 Å². The predicted octanol–water partition coefficient (Wildman–Crippen LogP) is 4.67. The van der Waals surface area contributed by atoms with Gasteiger partial charge < -0.3 is 14.5 Å². The summed E-state index contributed by atoms with van der Waals surface area (Å²) in [7, 11) is 1.79. The van der Waals surface area contributed by atoms with Gasteiger partial charge in [0.25, 0.3) is 0 Å². The number of benzene rings is 1. The smallest absolute Gasteiger partial charge is 0.160 e. The van der Waals surface area contributed by atoms with Gasteiger partial charge in [-0.05, 0) is 37.5 Å². The fourth-order valence-corrected chi connectivity index (χ4v) is 6.14. The van der Waals surface area contributed by atoms with Gasteiger partial charge in [-0.25, -0.2) is 0 Å². The van der Waals surface area contributed by atoms with Crippen LogP contribution in [0.1, 0.15) is 49.5 Å². The quantitative estimate of drug-likeness (QED) is 0.719. The maximum absolute atomic E-state index is 5.93. The van der Waals surface area contributed by atoms with Crippen molar-refractivity contribution in [2.45, 2.75) is 44.3 Å². The first-order valence-corrected chi connectivity index (χ1v) is 11.6. The van der Waals surface area contributed by atoms with Gasteiger partial charge in [-0.2, -0.15) is 0 Å². The summed E-state index contributed by atoms with van der Waals surface area (Å²) < 4.78 is 5.93. The molecule has 2 fully saturated rings. The highest BCUT2D eigenvalue weighted by Gasteiger charge is 2.46. The number of aliphatic imine (C=N–C) groups is 1. The molecular formula is C23H28N4OS. The zero-order valence-corrected chi connectivity index (χ0v) is 17.9. The van der Waals surface area contributed by atoms with Crippen molar-refractivity contribution in [1.29, 1.82) is 0 Å². The molecule has 1 aromatic heterocycles. The van der Waals surface area contributed by atoms with E-state index >= 15 is 0 Å². The first-order chi connectivity index (χ1) is 14.3. The Labute approximate surface area is 177 Å². The van der Waals surface area contributed by atoms with Gasteiger partial charge in [0.15, 0.2) is 5.17 Å². The molecule has 1 aromatic carbocycles. The van der Waals surface area contributed by atoms with Crippen molar-refractivity contribution in [2.75, 3.05) is 30.9 Å². The lowest BCUT2D eigenvalue weighted by atomic mass is 9.94. The van der Waals surface area contributed by atoms with Crippen LogP contribution in [0.5, 0.6) is 5.75 Å². The average Bonchev–Trinajstić information content (AvgIpc) is 3.50. The molecule has 3 aliphatic heterocycles. The van der Waals surface area contributed by atoms with Crippen LogP contribution < -0.4 is 9.64 Å². The summed E-state index contributed by atoms with van der Waals surface area (Å²) in [6.45, 7) is 4.54. The van der Waals surface area contributed by atoms with E-state index in [0.29, 0.717) is 6.04 Å². The van der Waals surface area contributed by atoms with E-state index in [1.807, 2.05) is 24.0 Å². The number of hydrogen-bond donors (Lipinski definition) is 0. The average molecular weight is 409 g/mol. The van der Waals surface area contributed by atoms with Gasteiger partial charge in [0, 0.05) is 48.4 Å². The summed E-state index contributed by atoms with van der Waals surface area (Å²) in [5.41, 5.74) is 3.51. The third kappa shape index (κ3) is 3.27. The minimum atomic E-state index is -0.000383. The Bertz CT molecular complexity index is 897. The number of amidine groups is 1. The molecule has 4 heterocycles. The van der Waals surface area contributed by atoms with Crippen LogP contribution in [0.4, 0.5) is 5.69 Å². The summed E-state index contributed by atoms with van der Waals surface area (Å²) in [5.74, 6) is 2.07. The number of methoxy groups -OCH3 is 1. The molecule has 3 atom stereocenters. The van der Waals surface area contributed by atoms with Crippen LogP contribution in [-0.2, 0) is 0 Å². The highest BCUT2D eigenvalue weighted by molar-refractivity contribution is 8.14. The molecule has 0 amide bonds. The number of pyridine rings is 1. The fraction of sp³-hybridized carbons (Fsp3) is 0.478. The molecular weight excluding hydrogens is 380 g/mol. The van der Waals surface area contributed by atoms with E-state index < -0.39 is 0 Å². The third-order valence-corrected chi connectivity index (χ3v) is 7.46. The van der Waals surface area contributed by atoms with E-state index in [1.54, 1.807) is 7.11 Å². The lowest BCUT2D eigenvalue weighted by Gasteiger charge is -2.33. The van der Waals surface area contributed by atoms with Crippen LogP contribution in [0.25, 0.3) is 0 Å². The minimum Gasteiger partial charge on any atom is -0.496 e. The van der Waals surface area contributed by atoms with Gasteiger partial charge >= 0.3 is 0 Å². The number of thioether (sulfide) groups is 1. The summed E-state index contributed by atoms with van der Waals surface area (Å²) >= 11 is 1.88. The monoisotopic (exact) mass is 408 g/mol. The van der Waals surface area contributed by atoms with E-state index in [1.165, 1.54) is 24.1 Å². The van der Waals surface area contributed by atoms with Gasteiger partial charge in [0.1, 0.15) is 11.8 Å². The van der Waals surface area contributed by atoms with Gasteiger partial charge in [-0.3, -0.25) is 9.98 Å². The Morgan fingerprint density at radius 2 is 2.03 bits per heavy atom. The maximum atomic E-state index is 5.93. The van der Waals surface area contributed by atoms with Gasteiger partial charge in [0.2, 0.25) is 0 Å². The second-order valence-electron chi connectivity index (χ2n) is 7.96. The first-order valence-electron chi connectivity index (χ1n) is 10.6. The van der Waals surface area contributed by atoms with Gasteiger partial charge in [-0.1, -0.05) is 30.8 Å². The predicted molar refractivity (Wildman–Crippen MR) is 120 cm³/mol. The summed E-state index contributed by atoms with van der Waals surface area (Å²) in [6.07, 6.45) is 5.53. The van der Waals surface area contributed by atoms with Crippen molar-refractivity contribution in [3.05, 3.63) is 53.9 Å². The third-order valence-electron chi connectivity index (χ3n) is 6.34. The van der Waals surface area contributed by atoms with Crippen molar-refractivity contribution < 1.29 is 4.74 Å². The molecule has 0 aliphatic carbocycles. The molecule has 3 aliphatic rings. The normalized spacial score (nSPS) is 26.0. The molecule has 2 aromatic rings. The molecule has 5 nitrogen and oxygen atoms in total. The Hall–Kier alpha value is -2.21. The van der Waals surface area contributed by atoms with E-state index in [9.17, 15) is 0 Å². The number of fused-ring (bicyclic) bond motifs is 1. The number of hydrogen-bond acceptors (Lipinski definition) is 6. The van der Waals surface area contributed by atoms with E-state index in [0.717, 1.165) is 41.9 Å². The molecule has 0 radical (unpaired) electrons. The fourth-order valence-electron chi connectivity index (χ4n) is 4.80. The van der Waals surface area contributed by atoms with Crippen molar-refractivity contribution in [3.8, 4) is 5.75 Å². The van der Waals surface area contributed by atoms with E-state index in [2.05, 4.69) is 52.0 Å². The van der Waals surface area contributed by atoms with E-state index in [-0.39, 0.29) is 12.1 Å². The molecule has 0 bridgehead atoms. The standard InChI is InChI=1S/C23H28N4OS/c1-3-16-15-29-23-25-21(19-8-4-5-11-24-19)22(27(16)23)18-10-9-17(14-20(18)28-2)26-12-6-7-13-26/h4-5,8-11,14,16,21-22H,3,6-7,12-13,15H2,1-2H3/t16-,21-,22-/m1/s1. The van der Waals surface area contributed by atoms with Gasteiger partial charge in [0.05, 0.1) is 18.8 Å². The van der Waals surface area contributed by atoms with Crippen molar-refractivity contribution in [2.24, 2.45) is 4.99 Å². The molecule has 5 rings (SSSR count). The number of ether oxygens (including phenoxy) is 1. The highest BCUT2D eigenvalue weighted by atomic mass is 32.2. The lowest BCUT2D eigenvalue weighted by Crippen LogP contribution is -2.35. The Balaban J connectivity index is 1.57. The highest BCUT2D eigenvalue weighted by Crippen LogP contribution is 2.50. The summed E-state index contributed by atoms with van der Waals surface area (Å²) in [4.78, 5) is 14.8. The Kier molecular flexibility index (Phi) is 5.12. The number of nitrogens with zero attached hydrogens (tertiary/aromatic N) is 4. The zero-order chi connectivity index (χ0) is 19.8. The summed E-state index contributed by atoms with van der Waals surface area (Å²) in [5, 5.41) is 1.16. The van der Waals surface area contributed by atoms with Gasteiger partial charge in [-0.15, -0.1) is 0 Å². The Morgan fingerprint density at radius 1 is 1.17 bits per heavy atom. The molecule has 0 spiro atoms. The van der Waals surface area contributed by atoms with Crippen molar-refractivity contribution >= 4 is 22.6 Å². The van der Waals surface area contributed by atoms with E-state index in [4.69, 9.17) is 9.73 Å². The second-order valence-corrected chi connectivity index (χ2v) is 8.94. The molecule has 29 heavy (non-hydrogen) atoms. The lowest BCUT2D eigenvalue weighted by molar-refractivity contribution is 0.249. The minimum absolute atomic E-state index is 0.000383. The molecule has 0 unspecified atom stereocenters. The van der Waals surface area contributed by atoms with Crippen LogP contribution in [0.3, 0.4) is 0 Å². The largest absolute Gasteiger partial charge is 0.496 e. The number of rotatable bonds is 5. The molecule has 0 saturated carbocycles. The zero-order valence-electron chi connectivity index (χ0n) is 17.1. The van der Waals surface area contributed by atoms with Crippen LogP contribution >= 0.6 is 11.8 Å². The van der Waals surface area contributed by atoms with Crippen LogP contribution in [0.15, 0.2) is 47.6 Å². The number of aromatic nitrogens is 1. The maximum Gasteiger partial charge on any atom is 0.160 e. The second kappa shape index (κ2) is 7.90. The summed E-state index contributed by atoms with van der Waals surface area (Å²) in [6, 6.07) is 13.5. The molecule has 6 heteroatoms. The van der Waals surface area contributed by atoms with Crippen molar-refractivity contribution in [1.82, 2.24) is 9.88 Å².